The zero-order valence-corrected chi connectivity index (χ0v) is 9.31. The van der Waals surface area contributed by atoms with E-state index >= 15 is 0 Å². The Balaban J connectivity index is 1.74. The highest BCUT2D eigenvalue weighted by atomic mass is 16.2. The smallest absolute Gasteiger partial charge is 0.228 e. The molecule has 0 spiro atoms. The van der Waals surface area contributed by atoms with Crippen molar-refractivity contribution in [1.29, 1.82) is 0 Å². The molecule has 80 valence electrons. The van der Waals surface area contributed by atoms with Crippen LogP contribution >= 0.6 is 0 Å². The maximum Gasteiger partial charge on any atom is 0.228 e. The van der Waals surface area contributed by atoms with Crippen molar-refractivity contribution < 1.29 is 4.79 Å². The van der Waals surface area contributed by atoms with E-state index in [4.69, 9.17) is 0 Å². The summed E-state index contributed by atoms with van der Waals surface area (Å²) in [5.74, 6) is 0.919. The van der Waals surface area contributed by atoms with Gasteiger partial charge in [-0.2, -0.15) is 0 Å². The van der Waals surface area contributed by atoms with Crippen molar-refractivity contribution in [2.24, 2.45) is 16.7 Å². The summed E-state index contributed by atoms with van der Waals surface area (Å²) in [7, 11) is 0. The molecule has 2 rings (SSSR count). The molecule has 0 aromatic carbocycles. The Hall–Kier alpha value is -0.570. The maximum atomic E-state index is 11.7. The molecule has 0 bridgehead atoms. The van der Waals surface area contributed by atoms with Crippen molar-refractivity contribution >= 4 is 5.91 Å². The SMILES string of the molecule is CC1(C(=O)NCC2CC2(C)C)CNC1. The predicted molar refractivity (Wildman–Crippen MR) is 55.9 cm³/mol. The van der Waals surface area contributed by atoms with Crippen LogP contribution in [0.25, 0.3) is 0 Å². The van der Waals surface area contributed by atoms with Gasteiger partial charge in [0.15, 0.2) is 0 Å². The average molecular weight is 196 g/mol. The molecular formula is C11H20N2O. The van der Waals surface area contributed by atoms with Crippen LogP contribution in [0.15, 0.2) is 0 Å². The lowest BCUT2D eigenvalue weighted by Crippen LogP contribution is -2.59. The standard InChI is InChI=1S/C11H20N2O/c1-10(2)4-8(10)5-13-9(14)11(3)6-12-7-11/h8,12H,4-7H2,1-3H3,(H,13,14). The van der Waals surface area contributed by atoms with Crippen molar-refractivity contribution in [3.8, 4) is 0 Å². The van der Waals surface area contributed by atoms with Gasteiger partial charge in [0.25, 0.3) is 0 Å². The van der Waals surface area contributed by atoms with Crippen LogP contribution in [0.2, 0.25) is 0 Å². The van der Waals surface area contributed by atoms with Crippen molar-refractivity contribution in [3.63, 3.8) is 0 Å². The van der Waals surface area contributed by atoms with Crippen molar-refractivity contribution in [3.05, 3.63) is 0 Å². The molecule has 2 N–H and O–H groups in total. The molecule has 3 heteroatoms. The summed E-state index contributed by atoms with van der Waals surface area (Å²) in [6, 6.07) is 0. The minimum atomic E-state index is -0.140. The lowest BCUT2D eigenvalue weighted by Gasteiger charge is -2.37. The molecule has 0 radical (unpaired) electrons. The van der Waals surface area contributed by atoms with Gasteiger partial charge in [0.2, 0.25) is 5.91 Å². The molecule has 1 amide bonds. The second kappa shape index (κ2) is 2.96. The van der Waals surface area contributed by atoms with Gasteiger partial charge in [-0.15, -0.1) is 0 Å². The van der Waals surface area contributed by atoms with E-state index < -0.39 is 0 Å². The molecule has 1 saturated heterocycles. The summed E-state index contributed by atoms with van der Waals surface area (Å²) >= 11 is 0. The molecule has 1 aliphatic heterocycles. The number of amides is 1. The number of nitrogens with one attached hydrogen (secondary N) is 2. The van der Waals surface area contributed by atoms with Gasteiger partial charge in [-0.05, 0) is 24.7 Å². The molecule has 2 fully saturated rings. The number of carbonyl (C=O) groups is 1. The summed E-state index contributed by atoms with van der Waals surface area (Å²) in [4.78, 5) is 11.7. The quantitative estimate of drug-likeness (QED) is 0.699. The Kier molecular flexibility index (Phi) is 2.11. The summed E-state index contributed by atoms with van der Waals surface area (Å²) in [6.45, 7) is 9.06. The summed E-state index contributed by atoms with van der Waals surface area (Å²) in [6.07, 6.45) is 1.25. The number of carbonyl (C=O) groups excluding carboxylic acids is 1. The fraction of sp³-hybridized carbons (Fsp3) is 0.909. The minimum absolute atomic E-state index is 0.140. The molecule has 14 heavy (non-hydrogen) atoms. The van der Waals surface area contributed by atoms with E-state index in [0.717, 1.165) is 19.6 Å². The van der Waals surface area contributed by atoms with Crippen LogP contribution in [0.3, 0.4) is 0 Å². The molecule has 1 saturated carbocycles. The highest BCUT2D eigenvalue weighted by molar-refractivity contribution is 5.83. The van der Waals surface area contributed by atoms with Crippen LogP contribution in [-0.4, -0.2) is 25.5 Å². The van der Waals surface area contributed by atoms with Gasteiger partial charge in [-0.3, -0.25) is 4.79 Å². The van der Waals surface area contributed by atoms with Crippen molar-refractivity contribution in [2.75, 3.05) is 19.6 Å². The lowest BCUT2D eigenvalue weighted by atomic mass is 9.83. The number of hydrogen-bond donors (Lipinski definition) is 2. The second-order valence-corrected chi connectivity index (χ2v) is 5.76. The van der Waals surface area contributed by atoms with Gasteiger partial charge < -0.3 is 10.6 Å². The molecule has 1 aliphatic carbocycles. The number of hydrogen-bond acceptors (Lipinski definition) is 2. The Labute approximate surface area is 85.6 Å². The van der Waals surface area contributed by atoms with E-state index in [1.54, 1.807) is 0 Å². The summed E-state index contributed by atoms with van der Waals surface area (Å²) in [5.41, 5.74) is 0.324. The van der Waals surface area contributed by atoms with Crippen LogP contribution in [0.5, 0.6) is 0 Å². The Morgan fingerprint density at radius 3 is 2.36 bits per heavy atom. The van der Waals surface area contributed by atoms with E-state index in [1.807, 2.05) is 6.92 Å². The molecule has 1 heterocycles. The van der Waals surface area contributed by atoms with Gasteiger partial charge in [0.05, 0.1) is 5.41 Å². The summed E-state index contributed by atoms with van der Waals surface area (Å²) in [5, 5.41) is 6.21. The van der Waals surface area contributed by atoms with Crippen molar-refractivity contribution in [2.45, 2.75) is 27.2 Å². The van der Waals surface area contributed by atoms with Crippen LogP contribution in [-0.2, 0) is 4.79 Å². The van der Waals surface area contributed by atoms with Gasteiger partial charge in [0, 0.05) is 19.6 Å². The Morgan fingerprint density at radius 1 is 1.43 bits per heavy atom. The molecule has 1 unspecified atom stereocenters. The monoisotopic (exact) mass is 196 g/mol. The van der Waals surface area contributed by atoms with Crippen LogP contribution in [0.4, 0.5) is 0 Å². The number of rotatable bonds is 3. The topological polar surface area (TPSA) is 41.1 Å². The minimum Gasteiger partial charge on any atom is -0.355 e. The zero-order valence-electron chi connectivity index (χ0n) is 9.31. The fourth-order valence-electron chi connectivity index (χ4n) is 2.01. The van der Waals surface area contributed by atoms with E-state index in [-0.39, 0.29) is 11.3 Å². The molecule has 2 aliphatic rings. The van der Waals surface area contributed by atoms with Crippen molar-refractivity contribution in [1.82, 2.24) is 10.6 Å². The first-order valence-electron chi connectivity index (χ1n) is 5.43. The molecule has 0 aromatic rings. The first kappa shape index (κ1) is 9.97. The Bertz CT molecular complexity index is 256. The van der Waals surface area contributed by atoms with Crippen LogP contribution in [0, 0.1) is 16.7 Å². The molecular weight excluding hydrogens is 176 g/mol. The molecule has 3 nitrogen and oxygen atoms in total. The Morgan fingerprint density at radius 2 is 2.00 bits per heavy atom. The van der Waals surface area contributed by atoms with E-state index in [2.05, 4.69) is 24.5 Å². The first-order chi connectivity index (χ1) is 6.44. The average Bonchev–Trinajstić information content (AvgIpc) is 2.65. The van der Waals surface area contributed by atoms with E-state index in [9.17, 15) is 4.79 Å². The fourth-order valence-corrected chi connectivity index (χ4v) is 2.01. The van der Waals surface area contributed by atoms with Gasteiger partial charge >= 0.3 is 0 Å². The highest BCUT2D eigenvalue weighted by Crippen LogP contribution is 2.51. The normalized spacial score (nSPS) is 31.8. The van der Waals surface area contributed by atoms with Gasteiger partial charge in [-0.25, -0.2) is 0 Å². The third-order valence-electron chi connectivity index (χ3n) is 3.81. The third kappa shape index (κ3) is 1.65. The van der Waals surface area contributed by atoms with Gasteiger partial charge in [-0.1, -0.05) is 13.8 Å². The van der Waals surface area contributed by atoms with E-state index in [0.29, 0.717) is 11.3 Å². The highest BCUT2D eigenvalue weighted by Gasteiger charge is 2.46. The molecule has 0 aromatic heterocycles. The van der Waals surface area contributed by atoms with E-state index in [1.165, 1.54) is 6.42 Å². The third-order valence-corrected chi connectivity index (χ3v) is 3.81. The zero-order chi connectivity index (χ0) is 10.4. The largest absolute Gasteiger partial charge is 0.355 e. The molecule has 1 atom stereocenters. The maximum absolute atomic E-state index is 11.7. The lowest BCUT2D eigenvalue weighted by molar-refractivity contribution is -0.132. The van der Waals surface area contributed by atoms with Gasteiger partial charge in [0.1, 0.15) is 0 Å². The second-order valence-electron chi connectivity index (χ2n) is 5.76. The predicted octanol–water partition coefficient (Wildman–Crippen LogP) is 0.758. The first-order valence-corrected chi connectivity index (χ1v) is 5.43. The summed E-state index contributed by atoms with van der Waals surface area (Å²) < 4.78 is 0. The van der Waals surface area contributed by atoms with Crippen LogP contribution < -0.4 is 10.6 Å². The van der Waals surface area contributed by atoms with Crippen LogP contribution in [0.1, 0.15) is 27.2 Å².